The molecule has 16 heavy (non-hydrogen) atoms. The van der Waals surface area contributed by atoms with Gasteiger partial charge in [0.05, 0.1) is 6.42 Å². The number of rotatable bonds is 3. The third-order valence-corrected chi connectivity index (χ3v) is 3.05. The predicted molar refractivity (Wildman–Crippen MR) is 59.2 cm³/mol. The van der Waals surface area contributed by atoms with Crippen LogP contribution < -0.4 is 0 Å². The molecule has 1 aliphatic rings. The van der Waals surface area contributed by atoms with Crippen molar-refractivity contribution in [2.24, 2.45) is 0 Å². The Balaban J connectivity index is 2.03. The quantitative estimate of drug-likeness (QED) is 0.847. The molecule has 1 fully saturated rings. The van der Waals surface area contributed by atoms with E-state index >= 15 is 0 Å². The maximum atomic E-state index is 10.5. The van der Waals surface area contributed by atoms with Gasteiger partial charge in [-0.15, -0.1) is 0 Å². The van der Waals surface area contributed by atoms with E-state index < -0.39 is 5.97 Å². The minimum atomic E-state index is -0.839. The van der Waals surface area contributed by atoms with Crippen LogP contribution in [0.2, 0.25) is 0 Å². The van der Waals surface area contributed by atoms with Crippen molar-refractivity contribution < 1.29 is 9.90 Å². The minimum Gasteiger partial charge on any atom is -0.481 e. The van der Waals surface area contributed by atoms with Gasteiger partial charge in [-0.2, -0.15) is 0 Å². The van der Waals surface area contributed by atoms with Gasteiger partial charge < -0.3 is 5.11 Å². The van der Waals surface area contributed by atoms with E-state index in [0.717, 1.165) is 18.7 Å². The lowest BCUT2D eigenvalue weighted by atomic mass is 9.89. The van der Waals surface area contributed by atoms with Crippen LogP contribution in [0.15, 0.2) is 12.4 Å². The number of nitrogens with zero attached hydrogens (tertiary/aromatic N) is 2. The Kier molecular flexibility index (Phi) is 3.49. The third-order valence-electron chi connectivity index (χ3n) is 3.05. The zero-order valence-electron chi connectivity index (χ0n) is 9.22. The SMILES string of the molecule is O=C(O)Cc1cnc(C2CCCCC2)nc1. The Morgan fingerprint density at radius 3 is 2.44 bits per heavy atom. The van der Waals surface area contributed by atoms with Crippen molar-refractivity contribution in [2.75, 3.05) is 0 Å². The fourth-order valence-corrected chi connectivity index (χ4v) is 2.20. The highest BCUT2D eigenvalue weighted by Crippen LogP contribution is 2.30. The second kappa shape index (κ2) is 5.05. The highest BCUT2D eigenvalue weighted by molar-refractivity contribution is 5.69. The molecule has 0 amide bonds. The number of aromatic nitrogens is 2. The van der Waals surface area contributed by atoms with Crippen LogP contribution in [-0.2, 0) is 11.2 Å². The van der Waals surface area contributed by atoms with Crippen molar-refractivity contribution in [1.29, 1.82) is 0 Å². The molecule has 1 aliphatic carbocycles. The first-order valence-electron chi connectivity index (χ1n) is 5.78. The number of hydrogen-bond donors (Lipinski definition) is 1. The van der Waals surface area contributed by atoms with Crippen molar-refractivity contribution >= 4 is 5.97 Å². The molecule has 0 aliphatic heterocycles. The smallest absolute Gasteiger partial charge is 0.307 e. The molecule has 86 valence electrons. The lowest BCUT2D eigenvalue weighted by Gasteiger charge is -2.19. The maximum Gasteiger partial charge on any atom is 0.307 e. The Morgan fingerprint density at radius 2 is 1.88 bits per heavy atom. The standard InChI is InChI=1S/C12H16N2O2/c15-11(16)6-9-7-13-12(14-8-9)10-4-2-1-3-5-10/h7-8,10H,1-6H2,(H,15,16). The van der Waals surface area contributed by atoms with Crippen LogP contribution in [0.3, 0.4) is 0 Å². The second-order valence-electron chi connectivity index (χ2n) is 4.35. The Morgan fingerprint density at radius 1 is 1.25 bits per heavy atom. The molecule has 1 aromatic heterocycles. The highest BCUT2D eigenvalue weighted by atomic mass is 16.4. The van der Waals surface area contributed by atoms with Crippen molar-refractivity contribution in [1.82, 2.24) is 9.97 Å². The average molecular weight is 220 g/mol. The van der Waals surface area contributed by atoms with Gasteiger partial charge in [-0.3, -0.25) is 4.79 Å². The maximum absolute atomic E-state index is 10.5. The van der Waals surface area contributed by atoms with E-state index in [1.807, 2.05) is 0 Å². The van der Waals surface area contributed by atoms with E-state index in [4.69, 9.17) is 5.11 Å². The summed E-state index contributed by atoms with van der Waals surface area (Å²) in [7, 11) is 0. The molecule has 4 nitrogen and oxygen atoms in total. The number of carbonyl (C=O) groups is 1. The summed E-state index contributed by atoms with van der Waals surface area (Å²) in [5.41, 5.74) is 0.673. The normalized spacial score (nSPS) is 17.2. The highest BCUT2D eigenvalue weighted by Gasteiger charge is 2.17. The summed E-state index contributed by atoms with van der Waals surface area (Å²) >= 11 is 0. The number of aliphatic carboxylic acids is 1. The summed E-state index contributed by atoms with van der Waals surface area (Å²) < 4.78 is 0. The van der Waals surface area contributed by atoms with Crippen LogP contribution in [-0.4, -0.2) is 21.0 Å². The molecule has 0 unspecified atom stereocenters. The number of hydrogen-bond acceptors (Lipinski definition) is 3. The third kappa shape index (κ3) is 2.78. The Labute approximate surface area is 94.7 Å². The molecule has 1 aromatic rings. The van der Waals surface area contributed by atoms with Gasteiger partial charge in [0.1, 0.15) is 5.82 Å². The van der Waals surface area contributed by atoms with Crippen LogP contribution in [0, 0.1) is 0 Å². The molecule has 1 saturated carbocycles. The van der Waals surface area contributed by atoms with Gasteiger partial charge in [0.25, 0.3) is 0 Å². The minimum absolute atomic E-state index is 0.00491. The van der Waals surface area contributed by atoms with E-state index in [2.05, 4.69) is 9.97 Å². The lowest BCUT2D eigenvalue weighted by Crippen LogP contribution is -2.09. The van der Waals surface area contributed by atoms with Crippen molar-refractivity contribution in [3.63, 3.8) is 0 Å². The van der Waals surface area contributed by atoms with Crippen LogP contribution >= 0.6 is 0 Å². The molecule has 1 N–H and O–H groups in total. The molecule has 2 rings (SSSR count). The second-order valence-corrected chi connectivity index (χ2v) is 4.35. The molecular weight excluding hydrogens is 204 g/mol. The van der Waals surface area contributed by atoms with Crippen LogP contribution in [0.5, 0.6) is 0 Å². The molecule has 4 heteroatoms. The number of carboxylic acid groups (broad SMARTS) is 1. The van der Waals surface area contributed by atoms with Crippen LogP contribution in [0.1, 0.15) is 49.4 Å². The summed E-state index contributed by atoms with van der Waals surface area (Å²) in [6.45, 7) is 0. The first-order chi connectivity index (χ1) is 7.75. The van der Waals surface area contributed by atoms with Gasteiger partial charge in [-0.25, -0.2) is 9.97 Å². The molecular formula is C12H16N2O2. The fraction of sp³-hybridized carbons (Fsp3) is 0.583. The van der Waals surface area contributed by atoms with Crippen LogP contribution in [0.4, 0.5) is 0 Å². The fourth-order valence-electron chi connectivity index (χ4n) is 2.20. The van der Waals surface area contributed by atoms with Gasteiger partial charge in [0.15, 0.2) is 0 Å². The van der Waals surface area contributed by atoms with Crippen molar-refractivity contribution in [2.45, 2.75) is 44.4 Å². The zero-order valence-corrected chi connectivity index (χ0v) is 9.22. The number of carboxylic acids is 1. The average Bonchev–Trinajstić information content (AvgIpc) is 2.30. The Bertz CT molecular complexity index is 356. The van der Waals surface area contributed by atoms with E-state index in [0.29, 0.717) is 11.5 Å². The predicted octanol–water partition coefficient (Wildman–Crippen LogP) is 2.15. The molecule has 0 saturated heterocycles. The topological polar surface area (TPSA) is 63.1 Å². The Hall–Kier alpha value is -1.45. The monoisotopic (exact) mass is 220 g/mol. The van der Waals surface area contributed by atoms with Gasteiger partial charge in [0, 0.05) is 18.3 Å². The van der Waals surface area contributed by atoms with E-state index in [9.17, 15) is 4.79 Å². The molecule has 0 radical (unpaired) electrons. The van der Waals surface area contributed by atoms with Crippen molar-refractivity contribution in [3.05, 3.63) is 23.8 Å². The summed E-state index contributed by atoms with van der Waals surface area (Å²) in [4.78, 5) is 19.1. The van der Waals surface area contributed by atoms with Gasteiger partial charge in [0.2, 0.25) is 0 Å². The molecule has 1 heterocycles. The summed E-state index contributed by atoms with van der Waals surface area (Å²) in [6, 6.07) is 0. The largest absolute Gasteiger partial charge is 0.481 e. The summed E-state index contributed by atoms with van der Waals surface area (Å²) in [5, 5.41) is 8.63. The molecule has 0 spiro atoms. The summed E-state index contributed by atoms with van der Waals surface area (Å²) in [6.07, 6.45) is 9.45. The molecule has 0 bridgehead atoms. The van der Waals surface area contributed by atoms with Gasteiger partial charge in [-0.1, -0.05) is 19.3 Å². The summed E-state index contributed by atoms with van der Waals surface area (Å²) in [5.74, 6) is 0.524. The van der Waals surface area contributed by atoms with E-state index in [-0.39, 0.29) is 6.42 Å². The first-order valence-corrected chi connectivity index (χ1v) is 5.78. The first kappa shape index (κ1) is 11.0. The van der Waals surface area contributed by atoms with Gasteiger partial charge in [-0.05, 0) is 18.4 Å². The van der Waals surface area contributed by atoms with E-state index in [1.165, 1.54) is 19.3 Å². The van der Waals surface area contributed by atoms with E-state index in [1.54, 1.807) is 12.4 Å². The zero-order chi connectivity index (χ0) is 11.4. The van der Waals surface area contributed by atoms with Crippen molar-refractivity contribution in [3.8, 4) is 0 Å². The van der Waals surface area contributed by atoms with Crippen LogP contribution in [0.25, 0.3) is 0 Å². The lowest BCUT2D eigenvalue weighted by molar-refractivity contribution is -0.136. The van der Waals surface area contributed by atoms with Gasteiger partial charge >= 0.3 is 5.97 Å². The molecule has 0 aromatic carbocycles. The molecule has 0 atom stereocenters.